The normalized spacial score (nSPS) is 16.8. The maximum absolute atomic E-state index is 11.9. The summed E-state index contributed by atoms with van der Waals surface area (Å²) in [5, 5.41) is 12.3. The van der Waals surface area contributed by atoms with Crippen molar-refractivity contribution in [3.8, 4) is 0 Å². The zero-order chi connectivity index (χ0) is 14.9. The number of rotatable bonds is 8. The van der Waals surface area contributed by atoms with Gasteiger partial charge < -0.3 is 10.4 Å². The molecule has 1 atom stereocenters. The topological polar surface area (TPSA) is 49.3 Å². The standard InChI is InChI=1S/C18H27NO2/c20-13-11-17(16-8-2-1-3-9-16)10-12-19-18(21)14-15-6-4-5-7-15/h1-3,8-9,15,17,20H,4-7,10-14H2,(H,19,21). The molecule has 0 spiro atoms. The lowest BCUT2D eigenvalue weighted by molar-refractivity contribution is -0.122. The summed E-state index contributed by atoms with van der Waals surface area (Å²) in [6.45, 7) is 0.890. The lowest BCUT2D eigenvalue weighted by Crippen LogP contribution is -2.27. The van der Waals surface area contributed by atoms with Crippen molar-refractivity contribution >= 4 is 5.91 Å². The highest BCUT2D eigenvalue weighted by Crippen LogP contribution is 2.27. The molecule has 0 bridgehead atoms. The summed E-state index contributed by atoms with van der Waals surface area (Å²) >= 11 is 0. The van der Waals surface area contributed by atoms with E-state index in [9.17, 15) is 9.90 Å². The van der Waals surface area contributed by atoms with Gasteiger partial charge in [-0.15, -0.1) is 0 Å². The highest BCUT2D eigenvalue weighted by Gasteiger charge is 2.18. The quantitative estimate of drug-likeness (QED) is 0.772. The van der Waals surface area contributed by atoms with Gasteiger partial charge in [0.05, 0.1) is 0 Å². The molecule has 1 aliphatic rings. The second-order valence-corrected chi connectivity index (χ2v) is 6.11. The van der Waals surface area contributed by atoms with Crippen LogP contribution in [0.15, 0.2) is 30.3 Å². The van der Waals surface area contributed by atoms with Crippen molar-refractivity contribution in [3.63, 3.8) is 0 Å². The summed E-state index contributed by atoms with van der Waals surface area (Å²) < 4.78 is 0. The Kier molecular flexibility index (Phi) is 6.74. The minimum atomic E-state index is 0.190. The Balaban J connectivity index is 1.73. The van der Waals surface area contributed by atoms with E-state index in [1.807, 2.05) is 18.2 Å². The van der Waals surface area contributed by atoms with Crippen LogP contribution in [0.5, 0.6) is 0 Å². The summed E-state index contributed by atoms with van der Waals surface area (Å²) in [6, 6.07) is 10.3. The van der Waals surface area contributed by atoms with Gasteiger partial charge in [-0.25, -0.2) is 0 Å². The van der Waals surface area contributed by atoms with Crippen LogP contribution in [0.3, 0.4) is 0 Å². The fraction of sp³-hybridized carbons (Fsp3) is 0.611. The van der Waals surface area contributed by atoms with E-state index in [2.05, 4.69) is 17.4 Å². The molecule has 0 radical (unpaired) electrons. The Morgan fingerprint density at radius 3 is 2.57 bits per heavy atom. The Bertz CT molecular complexity index is 412. The number of carbonyl (C=O) groups excluding carboxylic acids is 1. The molecule has 2 N–H and O–H groups in total. The third-order valence-corrected chi connectivity index (χ3v) is 4.51. The molecular weight excluding hydrogens is 262 g/mol. The number of hydrogen-bond donors (Lipinski definition) is 2. The van der Waals surface area contributed by atoms with Crippen LogP contribution in [0.2, 0.25) is 0 Å². The first-order chi connectivity index (χ1) is 10.3. The van der Waals surface area contributed by atoms with Gasteiger partial charge in [0.2, 0.25) is 5.91 Å². The van der Waals surface area contributed by atoms with Crippen LogP contribution >= 0.6 is 0 Å². The highest BCUT2D eigenvalue weighted by molar-refractivity contribution is 5.76. The predicted octanol–water partition coefficient (Wildman–Crippen LogP) is 3.24. The summed E-state index contributed by atoms with van der Waals surface area (Å²) in [5.41, 5.74) is 1.25. The minimum Gasteiger partial charge on any atom is -0.396 e. The molecule has 0 heterocycles. The van der Waals surface area contributed by atoms with Crippen LogP contribution in [0.4, 0.5) is 0 Å². The molecule has 116 valence electrons. The number of hydrogen-bond acceptors (Lipinski definition) is 2. The van der Waals surface area contributed by atoms with Crippen molar-refractivity contribution in [1.29, 1.82) is 0 Å². The van der Waals surface area contributed by atoms with Crippen LogP contribution in [-0.2, 0) is 4.79 Å². The third kappa shape index (κ3) is 5.50. The zero-order valence-electron chi connectivity index (χ0n) is 12.8. The van der Waals surface area contributed by atoms with Gasteiger partial charge in [-0.05, 0) is 43.1 Å². The smallest absolute Gasteiger partial charge is 0.220 e. The van der Waals surface area contributed by atoms with Gasteiger partial charge in [0, 0.05) is 19.6 Å². The molecule has 1 unspecified atom stereocenters. The summed E-state index contributed by atoms with van der Waals surface area (Å²) in [4.78, 5) is 11.9. The molecule has 3 nitrogen and oxygen atoms in total. The van der Waals surface area contributed by atoms with Crippen LogP contribution in [0.1, 0.15) is 56.4 Å². The molecule has 1 aromatic carbocycles. The minimum absolute atomic E-state index is 0.190. The van der Waals surface area contributed by atoms with Gasteiger partial charge in [-0.1, -0.05) is 43.2 Å². The first-order valence-corrected chi connectivity index (χ1v) is 8.22. The van der Waals surface area contributed by atoms with Gasteiger partial charge in [0.15, 0.2) is 0 Å². The van der Waals surface area contributed by atoms with Gasteiger partial charge in [-0.2, -0.15) is 0 Å². The number of nitrogens with one attached hydrogen (secondary N) is 1. The van der Waals surface area contributed by atoms with Crippen molar-refractivity contribution in [3.05, 3.63) is 35.9 Å². The largest absolute Gasteiger partial charge is 0.396 e. The number of amides is 1. The summed E-state index contributed by atoms with van der Waals surface area (Å²) in [5.74, 6) is 1.12. The second kappa shape index (κ2) is 8.83. The van der Waals surface area contributed by atoms with Crippen LogP contribution in [0.25, 0.3) is 0 Å². The monoisotopic (exact) mass is 289 g/mol. The summed E-state index contributed by atoms with van der Waals surface area (Å²) in [7, 11) is 0. The van der Waals surface area contributed by atoms with E-state index in [1.54, 1.807) is 0 Å². The Morgan fingerprint density at radius 1 is 1.19 bits per heavy atom. The number of benzene rings is 1. The first kappa shape index (κ1) is 16.0. The molecule has 1 saturated carbocycles. The van der Waals surface area contributed by atoms with Crippen LogP contribution < -0.4 is 5.32 Å². The van der Waals surface area contributed by atoms with E-state index < -0.39 is 0 Å². The van der Waals surface area contributed by atoms with Gasteiger partial charge in [0.1, 0.15) is 0 Å². The molecule has 0 aliphatic heterocycles. The van der Waals surface area contributed by atoms with Gasteiger partial charge in [0.25, 0.3) is 0 Å². The van der Waals surface area contributed by atoms with E-state index in [-0.39, 0.29) is 12.5 Å². The van der Waals surface area contributed by atoms with E-state index in [0.717, 1.165) is 12.8 Å². The van der Waals surface area contributed by atoms with Crippen LogP contribution in [0, 0.1) is 5.92 Å². The van der Waals surface area contributed by atoms with Crippen molar-refractivity contribution in [2.45, 2.75) is 50.9 Å². The maximum Gasteiger partial charge on any atom is 0.220 e. The molecule has 2 rings (SSSR count). The van der Waals surface area contributed by atoms with Crippen LogP contribution in [-0.4, -0.2) is 24.2 Å². The lowest BCUT2D eigenvalue weighted by atomic mass is 9.93. The predicted molar refractivity (Wildman–Crippen MR) is 85.1 cm³/mol. The fourth-order valence-electron chi connectivity index (χ4n) is 3.29. The van der Waals surface area contributed by atoms with E-state index in [4.69, 9.17) is 0 Å². The molecule has 1 aromatic rings. The molecule has 1 aliphatic carbocycles. The van der Waals surface area contributed by atoms with Crippen molar-refractivity contribution in [1.82, 2.24) is 5.32 Å². The molecule has 0 aromatic heterocycles. The summed E-state index contributed by atoms with van der Waals surface area (Å²) in [6.07, 6.45) is 7.32. The third-order valence-electron chi connectivity index (χ3n) is 4.51. The molecule has 0 saturated heterocycles. The van der Waals surface area contributed by atoms with Crippen molar-refractivity contribution in [2.24, 2.45) is 5.92 Å². The van der Waals surface area contributed by atoms with Crippen molar-refractivity contribution in [2.75, 3.05) is 13.2 Å². The molecule has 21 heavy (non-hydrogen) atoms. The first-order valence-electron chi connectivity index (χ1n) is 8.22. The average Bonchev–Trinajstić information content (AvgIpc) is 3.00. The highest BCUT2D eigenvalue weighted by atomic mass is 16.3. The van der Waals surface area contributed by atoms with E-state index in [1.165, 1.54) is 31.2 Å². The molecule has 3 heteroatoms. The Morgan fingerprint density at radius 2 is 1.90 bits per heavy atom. The fourth-order valence-corrected chi connectivity index (χ4v) is 3.29. The number of carbonyl (C=O) groups is 1. The van der Waals surface area contributed by atoms with Gasteiger partial charge >= 0.3 is 0 Å². The lowest BCUT2D eigenvalue weighted by Gasteiger charge is -2.17. The molecular formula is C18H27NO2. The maximum atomic E-state index is 11.9. The Labute approximate surface area is 127 Å². The number of aliphatic hydroxyl groups is 1. The second-order valence-electron chi connectivity index (χ2n) is 6.11. The van der Waals surface area contributed by atoms with E-state index >= 15 is 0 Å². The van der Waals surface area contributed by atoms with E-state index in [0.29, 0.717) is 24.8 Å². The zero-order valence-corrected chi connectivity index (χ0v) is 12.8. The molecule has 1 amide bonds. The van der Waals surface area contributed by atoms with Crippen molar-refractivity contribution < 1.29 is 9.90 Å². The average molecular weight is 289 g/mol. The Hall–Kier alpha value is -1.35. The molecule has 1 fully saturated rings. The SMILES string of the molecule is O=C(CC1CCCC1)NCCC(CCO)c1ccccc1. The van der Waals surface area contributed by atoms with Gasteiger partial charge in [-0.3, -0.25) is 4.79 Å². The number of aliphatic hydroxyl groups excluding tert-OH is 1.